The first kappa shape index (κ1) is 9.77. The first-order chi connectivity index (χ1) is 7.74. The lowest BCUT2D eigenvalue weighted by Crippen LogP contribution is -2.33. The second kappa shape index (κ2) is 3.55. The second-order valence-electron chi connectivity index (χ2n) is 4.59. The van der Waals surface area contributed by atoms with E-state index in [1.165, 1.54) is 12.7 Å². The Morgan fingerprint density at radius 3 is 3.06 bits per heavy atom. The van der Waals surface area contributed by atoms with Crippen LogP contribution in [0.3, 0.4) is 0 Å². The van der Waals surface area contributed by atoms with E-state index in [0.717, 1.165) is 12.8 Å². The summed E-state index contributed by atoms with van der Waals surface area (Å²) in [4.78, 5) is 16.0. The molecular weight excluding hydrogens is 206 g/mol. The molecule has 3 atom stereocenters. The third-order valence-corrected chi connectivity index (χ3v) is 3.58. The minimum absolute atomic E-state index is 0.0656. The highest BCUT2D eigenvalue weighted by atomic mass is 16.2. The van der Waals surface area contributed by atoms with Crippen molar-refractivity contribution in [3.05, 3.63) is 6.33 Å². The van der Waals surface area contributed by atoms with Gasteiger partial charge in [-0.05, 0) is 19.3 Å². The maximum Gasteiger partial charge on any atom is 0.231 e. The summed E-state index contributed by atoms with van der Waals surface area (Å²) in [6.07, 6.45) is 4.71. The lowest BCUT2D eigenvalue weighted by molar-refractivity contribution is -0.120. The van der Waals surface area contributed by atoms with E-state index in [1.54, 1.807) is 11.7 Å². The van der Waals surface area contributed by atoms with E-state index >= 15 is 0 Å². The quantitative estimate of drug-likeness (QED) is 0.731. The zero-order chi connectivity index (χ0) is 11.1. The van der Waals surface area contributed by atoms with Crippen LogP contribution < -0.4 is 10.6 Å². The number of fused-ring (bicyclic) bond motifs is 2. The van der Waals surface area contributed by atoms with Crippen LogP contribution in [0.2, 0.25) is 0 Å². The molecule has 0 aliphatic carbocycles. The molecule has 0 aromatic carbocycles. The van der Waals surface area contributed by atoms with Crippen LogP contribution in [0, 0.1) is 5.92 Å². The monoisotopic (exact) mass is 221 g/mol. The molecule has 2 fully saturated rings. The van der Waals surface area contributed by atoms with Crippen LogP contribution in [0.4, 0.5) is 5.95 Å². The van der Waals surface area contributed by atoms with Gasteiger partial charge in [0.25, 0.3) is 0 Å². The van der Waals surface area contributed by atoms with Gasteiger partial charge in [0, 0.05) is 19.1 Å². The molecule has 3 unspecified atom stereocenters. The van der Waals surface area contributed by atoms with Gasteiger partial charge in [-0.1, -0.05) is 0 Å². The number of aryl methyl sites for hydroxylation is 1. The summed E-state index contributed by atoms with van der Waals surface area (Å²) in [7, 11) is 1.77. The van der Waals surface area contributed by atoms with Gasteiger partial charge in [-0.25, -0.2) is 4.68 Å². The molecular formula is C10H15N5O. The normalized spacial score (nSPS) is 31.9. The Hall–Kier alpha value is -1.43. The standard InChI is InChI=1S/C10H15N5O/c1-15-10(11-5-12-15)14-9(16)7-4-6-2-3-8(7)13-6/h5-8,13H,2-4H2,1H3,(H,11,12,14,16). The summed E-state index contributed by atoms with van der Waals surface area (Å²) in [6, 6.07) is 0.901. The van der Waals surface area contributed by atoms with Gasteiger partial charge in [0.15, 0.2) is 0 Å². The highest BCUT2D eigenvalue weighted by Crippen LogP contribution is 2.33. The number of hydrogen-bond donors (Lipinski definition) is 2. The highest BCUT2D eigenvalue weighted by Gasteiger charge is 2.42. The van der Waals surface area contributed by atoms with E-state index < -0.39 is 0 Å². The Balaban J connectivity index is 1.68. The summed E-state index contributed by atoms with van der Waals surface area (Å²) >= 11 is 0. The van der Waals surface area contributed by atoms with Crippen molar-refractivity contribution in [2.75, 3.05) is 5.32 Å². The lowest BCUT2D eigenvalue weighted by atomic mass is 9.88. The molecule has 0 spiro atoms. The minimum atomic E-state index is 0.0656. The fraction of sp³-hybridized carbons (Fsp3) is 0.700. The Morgan fingerprint density at radius 1 is 1.62 bits per heavy atom. The van der Waals surface area contributed by atoms with Crippen LogP contribution in [-0.2, 0) is 11.8 Å². The summed E-state index contributed by atoms with van der Waals surface area (Å²) < 4.78 is 1.57. The Labute approximate surface area is 93.4 Å². The summed E-state index contributed by atoms with van der Waals surface area (Å²) in [5, 5.41) is 10.2. The number of hydrogen-bond acceptors (Lipinski definition) is 4. The second-order valence-corrected chi connectivity index (χ2v) is 4.59. The van der Waals surface area contributed by atoms with Crippen molar-refractivity contribution >= 4 is 11.9 Å². The number of aromatic nitrogens is 3. The molecule has 6 heteroatoms. The molecule has 3 rings (SSSR count). The van der Waals surface area contributed by atoms with Gasteiger partial charge in [-0.2, -0.15) is 10.1 Å². The molecule has 2 aliphatic heterocycles. The van der Waals surface area contributed by atoms with Crippen molar-refractivity contribution < 1.29 is 4.79 Å². The Kier molecular flexibility index (Phi) is 2.17. The smallest absolute Gasteiger partial charge is 0.231 e. The average Bonchev–Trinajstić information content (AvgIpc) is 2.95. The maximum atomic E-state index is 12.0. The number of carbonyl (C=O) groups is 1. The van der Waals surface area contributed by atoms with E-state index in [-0.39, 0.29) is 11.8 Å². The third-order valence-electron chi connectivity index (χ3n) is 3.58. The van der Waals surface area contributed by atoms with Crippen molar-refractivity contribution in [3.8, 4) is 0 Å². The number of anilines is 1. The van der Waals surface area contributed by atoms with Gasteiger partial charge >= 0.3 is 0 Å². The number of nitrogens with one attached hydrogen (secondary N) is 2. The zero-order valence-electron chi connectivity index (χ0n) is 9.18. The minimum Gasteiger partial charge on any atom is -0.310 e. The third kappa shape index (κ3) is 1.49. The topological polar surface area (TPSA) is 71.8 Å². The van der Waals surface area contributed by atoms with E-state index in [2.05, 4.69) is 20.7 Å². The highest BCUT2D eigenvalue weighted by molar-refractivity contribution is 5.91. The number of carbonyl (C=O) groups excluding carboxylic acids is 1. The van der Waals surface area contributed by atoms with E-state index in [1.807, 2.05) is 0 Å². The molecule has 2 saturated heterocycles. The predicted octanol–water partition coefficient (Wildman–Crippen LogP) is -0.106. The van der Waals surface area contributed by atoms with Gasteiger partial charge in [0.1, 0.15) is 6.33 Å². The van der Waals surface area contributed by atoms with Crippen molar-refractivity contribution in [3.63, 3.8) is 0 Å². The maximum absolute atomic E-state index is 12.0. The van der Waals surface area contributed by atoms with Gasteiger partial charge in [0.05, 0.1) is 5.92 Å². The zero-order valence-corrected chi connectivity index (χ0v) is 9.18. The molecule has 6 nitrogen and oxygen atoms in total. The molecule has 2 aliphatic rings. The van der Waals surface area contributed by atoms with Crippen LogP contribution in [0.5, 0.6) is 0 Å². The van der Waals surface area contributed by atoms with Gasteiger partial charge in [-0.3, -0.25) is 10.1 Å². The predicted molar refractivity (Wildman–Crippen MR) is 57.7 cm³/mol. The van der Waals surface area contributed by atoms with Crippen LogP contribution in [0.15, 0.2) is 6.33 Å². The summed E-state index contributed by atoms with van der Waals surface area (Å²) in [5.41, 5.74) is 0. The van der Waals surface area contributed by atoms with Crippen molar-refractivity contribution in [2.45, 2.75) is 31.3 Å². The molecule has 1 aromatic heterocycles. The van der Waals surface area contributed by atoms with E-state index in [0.29, 0.717) is 18.0 Å². The molecule has 0 radical (unpaired) electrons. The molecule has 2 N–H and O–H groups in total. The van der Waals surface area contributed by atoms with Crippen LogP contribution in [0.1, 0.15) is 19.3 Å². The van der Waals surface area contributed by atoms with Crippen LogP contribution in [-0.4, -0.2) is 32.8 Å². The van der Waals surface area contributed by atoms with Crippen LogP contribution in [0.25, 0.3) is 0 Å². The SMILES string of the molecule is Cn1ncnc1NC(=O)C1CC2CCC1N2. The van der Waals surface area contributed by atoms with Gasteiger partial charge in [0.2, 0.25) is 11.9 Å². The molecule has 1 aromatic rings. The summed E-state index contributed by atoms with van der Waals surface area (Å²) in [5.74, 6) is 0.680. The van der Waals surface area contributed by atoms with Crippen molar-refractivity contribution in [1.82, 2.24) is 20.1 Å². The van der Waals surface area contributed by atoms with E-state index in [9.17, 15) is 4.79 Å². The molecule has 16 heavy (non-hydrogen) atoms. The van der Waals surface area contributed by atoms with Crippen molar-refractivity contribution in [2.24, 2.45) is 13.0 Å². The Morgan fingerprint density at radius 2 is 2.50 bits per heavy atom. The first-order valence-corrected chi connectivity index (χ1v) is 5.65. The number of nitrogens with zero attached hydrogens (tertiary/aromatic N) is 3. The van der Waals surface area contributed by atoms with Crippen molar-refractivity contribution in [1.29, 1.82) is 0 Å². The Bertz CT molecular complexity index is 415. The average molecular weight is 221 g/mol. The molecule has 0 saturated carbocycles. The fourth-order valence-corrected chi connectivity index (χ4v) is 2.73. The number of amides is 1. The number of rotatable bonds is 2. The van der Waals surface area contributed by atoms with Crippen LogP contribution >= 0.6 is 0 Å². The fourth-order valence-electron chi connectivity index (χ4n) is 2.73. The molecule has 86 valence electrons. The summed E-state index contributed by atoms with van der Waals surface area (Å²) in [6.45, 7) is 0. The molecule has 1 amide bonds. The van der Waals surface area contributed by atoms with Gasteiger partial charge in [-0.15, -0.1) is 0 Å². The van der Waals surface area contributed by atoms with E-state index in [4.69, 9.17) is 0 Å². The van der Waals surface area contributed by atoms with Gasteiger partial charge < -0.3 is 5.32 Å². The molecule has 3 heterocycles. The lowest BCUT2D eigenvalue weighted by Gasteiger charge is -2.18. The largest absolute Gasteiger partial charge is 0.310 e. The molecule has 2 bridgehead atoms. The first-order valence-electron chi connectivity index (χ1n) is 5.65.